The minimum Gasteiger partial charge on any atom is -0.326 e. The van der Waals surface area contributed by atoms with Gasteiger partial charge in [-0.3, -0.25) is 5.10 Å². The average Bonchev–Trinajstić information content (AvgIpc) is 2.73. The lowest BCUT2D eigenvalue weighted by atomic mass is 10.0. The van der Waals surface area contributed by atoms with E-state index in [0.29, 0.717) is 17.7 Å². The lowest BCUT2D eigenvalue weighted by molar-refractivity contribution is 0.609. The van der Waals surface area contributed by atoms with Crippen LogP contribution in [0.2, 0.25) is 0 Å². The zero-order valence-corrected chi connectivity index (χ0v) is 9.34. The van der Waals surface area contributed by atoms with Gasteiger partial charge in [0.15, 0.2) is 0 Å². The van der Waals surface area contributed by atoms with Crippen molar-refractivity contribution in [2.24, 2.45) is 5.73 Å². The van der Waals surface area contributed by atoms with Crippen LogP contribution in [0.1, 0.15) is 16.7 Å². The van der Waals surface area contributed by atoms with Crippen molar-refractivity contribution in [2.75, 3.05) is 0 Å². The standard InChI is InChI=1S/C12H14FN3/c1-7-3-9(4-8(2)11(7)13)12-10(5-14)6-15-16-12/h3-4,6H,5,14H2,1-2H3,(H,15,16). The lowest BCUT2D eigenvalue weighted by Crippen LogP contribution is -1.97. The summed E-state index contributed by atoms with van der Waals surface area (Å²) in [6, 6.07) is 3.60. The zero-order chi connectivity index (χ0) is 11.7. The van der Waals surface area contributed by atoms with Gasteiger partial charge >= 0.3 is 0 Å². The molecule has 0 bridgehead atoms. The highest BCUT2D eigenvalue weighted by Crippen LogP contribution is 2.25. The number of rotatable bonds is 2. The first kappa shape index (κ1) is 10.8. The van der Waals surface area contributed by atoms with Gasteiger partial charge in [0, 0.05) is 17.7 Å². The Morgan fingerprint density at radius 2 is 1.94 bits per heavy atom. The van der Waals surface area contributed by atoms with Gasteiger partial charge in [-0.25, -0.2) is 4.39 Å². The van der Waals surface area contributed by atoms with Gasteiger partial charge in [0.1, 0.15) is 5.82 Å². The maximum atomic E-state index is 13.5. The van der Waals surface area contributed by atoms with Gasteiger partial charge in [-0.2, -0.15) is 5.10 Å². The van der Waals surface area contributed by atoms with Crippen LogP contribution < -0.4 is 5.73 Å². The van der Waals surface area contributed by atoms with E-state index in [1.807, 2.05) is 0 Å². The summed E-state index contributed by atoms with van der Waals surface area (Å²) in [6.45, 7) is 3.93. The van der Waals surface area contributed by atoms with Gasteiger partial charge in [-0.1, -0.05) is 0 Å². The molecule has 0 aliphatic rings. The summed E-state index contributed by atoms with van der Waals surface area (Å²) in [5.74, 6) is -0.155. The average molecular weight is 219 g/mol. The van der Waals surface area contributed by atoms with E-state index in [1.165, 1.54) is 0 Å². The number of nitrogens with two attached hydrogens (primary N) is 1. The van der Waals surface area contributed by atoms with Gasteiger partial charge in [-0.15, -0.1) is 0 Å². The number of H-pyrrole nitrogens is 1. The summed E-state index contributed by atoms with van der Waals surface area (Å²) in [5.41, 5.74) is 9.60. The van der Waals surface area contributed by atoms with Crippen molar-refractivity contribution in [1.29, 1.82) is 0 Å². The first-order valence-corrected chi connectivity index (χ1v) is 5.13. The molecular formula is C12H14FN3. The maximum Gasteiger partial charge on any atom is 0.129 e. The van der Waals surface area contributed by atoms with Gasteiger partial charge in [0.05, 0.1) is 11.9 Å². The Balaban J connectivity index is 2.57. The van der Waals surface area contributed by atoms with Crippen molar-refractivity contribution in [3.63, 3.8) is 0 Å². The SMILES string of the molecule is Cc1cc(-c2[nH]ncc2CN)cc(C)c1F. The molecule has 16 heavy (non-hydrogen) atoms. The Morgan fingerprint density at radius 3 is 2.50 bits per heavy atom. The molecule has 1 aromatic carbocycles. The Kier molecular flexibility index (Phi) is 2.75. The normalized spacial score (nSPS) is 10.8. The molecule has 0 radical (unpaired) electrons. The predicted molar refractivity (Wildman–Crippen MR) is 61.3 cm³/mol. The quantitative estimate of drug-likeness (QED) is 0.814. The number of aryl methyl sites for hydroxylation is 2. The van der Waals surface area contributed by atoms with Crippen LogP contribution >= 0.6 is 0 Å². The second kappa shape index (κ2) is 4.06. The summed E-state index contributed by atoms with van der Waals surface area (Å²) in [7, 11) is 0. The number of nitrogens with one attached hydrogen (secondary N) is 1. The molecule has 0 fully saturated rings. The lowest BCUT2D eigenvalue weighted by Gasteiger charge is -2.06. The molecule has 84 valence electrons. The van der Waals surface area contributed by atoms with Crippen LogP contribution in [0.5, 0.6) is 0 Å². The first-order valence-electron chi connectivity index (χ1n) is 5.13. The molecule has 0 unspecified atom stereocenters. The molecule has 1 heterocycles. The third kappa shape index (κ3) is 1.72. The van der Waals surface area contributed by atoms with Crippen LogP contribution in [0, 0.1) is 19.7 Å². The van der Waals surface area contributed by atoms with Crippen molar-refractivity contribution in [3.05, 3.63) is 40.8 Å². The van der Waals surface area contributed by atoms with Crippen LogP contribution in [0.4, 0.5) is 4.39 Å². The van der Waals surface area contributed by atoms with E-state index in [-0.39, 0.29) is 5.82 Å². The molecule has 3 N–H and O–H groups in total. The zero-order valence-electron chi connectivity index (χ0n) is 9.34. The minimum absolute atomic E-state index is 0.155. The van der Waals surface area contributed by atoms with E-state index in [0.717, 1.165) is 16.8 Å². The van der Waals surface area contributed by atoms with Crippen molar-refractivity contribution in [1.82, 2.24) is 10.2 Å². The molecule has 0 aliphatic heterocycles. The van der Waals surface area contributed by atoms with E-state index >= 15 is 0 Å². The summed E-state index contributed by atoms with van der Waals surface area (Å²) in [6.07, 6.45) is 1.70. The predicted octanol–water partition coefficient (Wildman–Crippen LogP) is 2.29. The highest BCUT2D eigenvalue weighted by molar-refractivity contribution is 5.64. The van der Waals surface area contributed by atoms with Crippen LogP contribution in [-0.2, 0) is 6.54 Å². The fourth-order valence-corrected chi connectivity index (χ4v) is 1.81. The second-order valence-electron chi connectivity index (χ2n) is 3.90. The Labute approximate surface area is 93.5 Å². The van der Waals surface area contributed by atoms with E-state index in [4.69, 9.17) is 5.73 Å². The number of nitrogens with zero attached hydrogens (tertiary/aromatic N) is 1. The Morgan fingerprint density at radius 1 is 1.31 bits per heavy atom. The van der Waals surface area contributed by atoms with Crippen LogP contribution in [0.3, 0.4) is 0 Å². The monoisotopic (exact) mass is 219 g/mol. The number of aromatic amines is 1. The molecule has 0 atom stereocenters. The Hall–Kier alpha value is -1.68. The number of benzene rings is 1. The molecule has 0 saturated carbocycles. The van der Waals surface area contributed by atoms with Gasteiger partial charge in [-0.05, 0) is 37.1 Å². The first-order chi connectivity index (χ1) is 7.63. The van der Waals surface area contributed by atoms with Gasteiger partial charge < -0.3 is 5.73 Å². The van der Waals surface area contributed by atoms with Crippen molar-refractivity contribution in [2.45, 2.75) is 20.4 Å². The summed E-state index contributed by atoms with van der Waals surface area (Å²) >= 11 is 0. The van der Waals surface area contributed by atoms with Gasteiger partial charge in [0.2, 0.25) is 0 Å². The van der Waals surface area contributed by atoms with E-state index in [1.54, 1.807) is 32.2 Å². The highest BCUT2D eigenvalue weighted by atomic mass is 19.1. The molecular weight excluding hydrogens is 205 g/mol. The van der Waals surface area contributed by atoms with Crippen LogP contribution in [0.15, 0.2) is 18.3 Å². The second-order valence-corrected chi connectivity index (χ2v) is 3.90. The van der Waals surface area contributed by atoms with E-state index in [9.17, 15) is 4.39 Å². The smallest absolute Gasteiger partial charge is 0.129 e. The third-order valence-corrected chi connectivity index (χ3v) is 2.66. The topological polar surface area (TPSA) is 54.7 Å². The van der Waals surface area contributed by atoms with E-state index < -0.39 is 0 Å². The molecule has 4 heteroatoms. The minimum atomic E-state index is -0.155. The molecule has 0 aliphatic carbocycles. The van der Waals surface area contributed by atoms with Crippen molar-refractivity contribution in [3.8, 4) is 11.3 Å². The number of hydrogen-bond acceptors (Lipinski definition) is 2. The van der Waals surface area contributed by atoms with Crippen molar-refractivity contribution >= 4 is 0 Å². The van der Waals surface area contributed by atoms with Gasteiger partial charge in [0.25, 0.3) is 0 Å². The largest absolute Gasteiger partial charge is 0.326 e. The fourth-order valence-electron chi connectivity index (χ4n) is 1.81. The molecule has 0 saturated heterocycles. The molecule has 3 nitrogen and oxygen atoms in total. The van der Waals surface area contributed by atoms with E-state index in [2.05, 4.69) is 10.2 Å². The number of aromatic nitrogens is 2. The maximum absolute atomic E-state index is 13.5. The summed E-state index contributed by atoms with van der Waals surface area (Å²) in [4.78, 5) is 0. The molecule has 2 rings (SSSR count). The van der Waals surface area contributed by atoms with Crippen LogP contribution in [0.25, 0.3) is 11.3 Å². The third-order valence-electron chi connectivity index (χ3n) is 2.66. The summed E-state index contributed by atoms with van der Waals surface area (Å²) in [5, 5.41) is 6.85. The van der Waals surface area contributed by atoms with Crippen LogP contribution in [-0.4, -0.2) is 10.2 Å². The number of hydrogen-bond donors (Lipinski definition) is 2. The highest BCUT2D eigenvalue weighted by Gasteiger charge is 2.10. The Bertz CT molecular complexity index is 494. The van der Waals surface area contributed by atoms with Crippen molar-refractivity contribution < 1.29 is 4.39 Å². The molecule has 0 spiro atoms. The number of halogens is 1. The molecule has 0 amide bonds. The summed E-state index contributed by atoms with van der Waals surface area (Å²) < 4.78 is 13.5. The molecule has 2 aromatic rings. The molecule has 1 aromatic heterocycles. The fraction of sp³-hybridized carbons (Fsp3) is 0.250.